The Morgan fingerprint density at radius 2 is 2.17 bits per heavy atom. The van der Waals surface area contributed by atoms with E-state index in [-0.39, 0.29) is 23.0 Å². The second kappa shape index (κ2) is 5.05. The normalized spacial score (nSPS) is 10.5. The highest BCUT2D eigenvalue weighted by atomic mass is 32.2. The van der Waals surface area contributed by atoms with Crippen molar-refractivity contribution in [1.82, 2.24) is 20.2 Å². The zero-order chi connectivity index (χ0) is 13.1. The van der Waals surface area contributed by atoms with Gasteiger partial charge in [0.05, 0.1) is 5.75 Å². The maximum absolute atomic E-state index is 11.8. The summed E-state index contributed by atoms with van der Waals surface area (Å²) >= 11 is 1.20. The van der Waals surface area contributed by atoms with Gasteiger partial charge in [0, 0.05) is 12.6 Å². The molecule has 0 atom stereocenters. The molecule has 0 amide bonds. The number of nitrogens with zero attached hydrogens (tertiary/aromatic N) is 4. The molecule has 18 heavy (non-hydrogen) atoms. The van der Waals surface area contributed by atoms with E-state index in [0.717, 1.165) is 0 Å². The zero-order valence-electron chi connectivity index (χ0n) is 9.44. The minimum atomic E-state index is -0.314. The second-order valence-corrected chi connectivity index (χ2v) is 4.44. The van der Waals surface area contributed by atoms with Gasteiger partial charge >= 0.3 is 0 Å². The first-order valence-corrected chi connectivity index (χ1v) is 5.97. The summed E-state index contributed by atoms with van der Waals surface area (Å²) in [5.41, 5.74) is 0.327. The van der Waals surface area contributed by atoms with Crippen molar-refractivity contribution in [2.24, 2.45) is 7.05 Å². The van der Waals surface area contributed by atoms with Gasteiger partial charge in [-0.2, -0.15) is 0 Å². The van der Waals surface area contributed by atoms with E-state index in [9.17, 15) is 9.90 Å². The number of rotatable bonds is 4. The molecule has 0 fully saturated rings. The lowest BCUT2D eigenvalue weighted by molar-refractivity contribution is 0.102. The number of Topliss-reactive ketones (excluding diaryl/α,β-unsaturated/α-hetero) is 1. The maximum atomic E-state index is 11.8. The number of benzene rings is 1. The van der Waals surface area contributed by atoms with Crippen LogP contribution in [0.25, 0.3) is 0 Å². The standard InChI is InChI=1S/C10H10N4O3S/c1-14-10(11-12-13-14)18-5-9(17)6-2-3-7(15)8(16)4-6/h2-4,15-16H,5H2,1H3. The molecule has 2 N–H and O–H groups in total. The smallest absolute Gasteiger partial charge is 0.209 e. The Kier molecular flexibility index (Phi) is 3.47. The number of phenols is 2. The van der Waals surface area contributed by atoms with Gasteiger partial charge in [-0.15, -0.1) is 5.10 Å². The number of thioether (sulfide) groups is 1. The van der Waals surface area contributed by atoms with Gasteiger partial charge < -0.3 is 10.2 Å². The molecule has 0 aliphatic rings. The van der Waals surface area contributed by atoms with Gasteiger partial charge in [0.15, 0.2) is 17.3 Å². The average Bonchev–Trinajstić information content (AvgIpc) is 2.75. The number of hydrogen-bond donors (Lipinski definition) is 2. The van der Waals surface area contributed by atoms with Gasteiger partial charge in [-0.05, 0) is 28.6 Å². The molecule has 2 rings (SSSR count). The molecule has 0 saturated carbocycles. The number of phenolic OH excluding ortho intramolecular Hbond substituents is 2. The molecule has 0 bridgehead atoms. The monoisotopic (exact) mass is 266 g/mol. The van der Waals surface area contributed by atoms with Crippen LogP contribution in [0.3, 0.4) is 0 Å². The fraction of sp³-hybridized carbons (Fsp3) is 0.200. The molecule has 0 radical (unpaired) electrons. The fourth-order valence-corrected chi connectivity index (χ4v) is 2.00. The van der Waals surface area contributed by atoms with E-state index in [1.807, 2.05) is 0 Å². The predicted molar refractivity (Wildman–Crippen MR) is 63.6 cm³/mol. The third-order valence-corrected chi connectivity index (χ3v) is 3.22. The quantitative estimate of drug-likeness (QED) is 0.474. The zero-order valence-corrected chi connectivity index (χ0v) is 10.3. The van der Waals surface area contributed by atoms with Crippen molar-refractivity contribution < 1.29 is 15.0 Å². The van der Waals surface area contributed by atoms with Gasteiger partial charge in [-0.25, -0.2) is 4.68 Å². The predicted octanol–water partition coefficient (Wildman–Crippen LogP) is 0.596. The van der Waals surface area contributed by atoms with Crippen LogP contribution in [-0.4, -0.2) is 42.0 Å². The van der Waals surface area contributed by atoms with E-state index in [2.05, 4.69) is 15.5 Å². The van der Waals surface area contributed by atoms with Crippen LogP contribution in [0.4, 0.5) is 0 Å². The molecule has 8 heteroatoms. The van der Waals surface area contributed by atoms with Crippen LogP contribution in [0.1, 0.15) is 10.4 Å². The topological polar surface area (TPSA) is 101 Å². The molecule has 0 spiro atoms. The number of carbonyl (C=O) groups is 1. The van der Waals surface area contributed by atoms with Crippen molar-refractivity contribution in [3.63, 3.8) is 0 Å². The molecule has 1 aromatic heterocycles. The average molecular weight is 266 g/mol. The highest BCUT2D eigenvalue weighted by molar-refractivity contribution is 7.99. The van der Waals surface area contributed by atoms with Crippen molar-refractivity contribution in [3.8, 4) is 11.5 Å². The number of hydrogen-bond acceptors (Lipinski definition) is 7. The van der Waals surface area contributed by atoms with E-state index in [1.165, 1.54) is 34.6 Å². The minimum Gasteiger partial charge on any atom is -0.504 e. The molecule has 2 aromatic rings. The summed E-state index contributed by atoms with van der Waals surface area (Å²) in [6, 6.07) is 3.96. The van der Waals surface area contributed by atoms with E-state index in [0.29, 0.717) is 10.7 Å². The molecule has 7 nitrogen and oxygen atoms in total. The molecule has 0 saturated heterocycles. The first-order chi connectivity index (χ1) is 8.58. The summed E-state index contributed by atoms with van der Waals surface area (Å²) in [6.07, 6.45) is 0. The molecular formula is C10H10N4O3S. The summed E-state index contributed by atoms with van der Waals surface area (Å²) in [4.78, 5) is 11.8. The van der Waals surface area contributed by atoms with Crippen LogP contribution < -0.4 is 0 Å². The number of ketones is 1. The number of tetrazole rings is 1. The van der Waals surface area contributed by atoms with E-state index in [1.54, 1.807) is 7.05 Å². The summed E-state index contributed by atoms with van der Waals surface area (Å²) in [7, 11) is 1.68. The first-order valence-electron chi connectivity index (χ1n) is 4.98. The maximum Gasteiger partial charge on any atom is 0.209 e. The fourth-order valence-electron chi connectivity index (χ4n) is 1.25. The summed E-state index contributed by atoms with van der Waals surface area (Å²) in [6.45, 7) is 0. The molecule has 0 aliphatic carbocycles. The molecule has 1 heterocycles. The Morgan fingerprint density at radius 3 is 2.78 bits per heavy atom. The summed E-state index contributed by atoms with van der Waals surface area (Å²) in [5, 5.41) is 29.8. The largest absolute Gasteiger partial charge is 0.504 e. The summed E-state index contributed by atoms with van der Waals surface area (Å²) < 4.78 is 1.46. The van der Waals surface area contributed by atoms with Crippen molar-refractivity contribution in [3.05, 3.63) is 23.8 Å². The number of aromatic hydroxyl groups is 2. The molecule has 94 valence electrons. The SMILES string of the molecule is Cn1nnnc1SCC(=O)c1ccc(O)c(O)c1. The highest BCUT2D eigenvalue weighted by Gasteiger charge is 2.11. The third kappa shape index (κ3) is 2.59. The van der Waals surface area contributed by atoms with Gasteiger partial charge in [0.2, 0.25) is 5.16 Å². The van der Waals surface area contributed by atoms with Crippen molar-refractivity contribution in [2.45, 2.75) is 5.16 Å². The Labute approximate surface area is 106 Å². The van der Waals surface area contributed by atoms with Crippen LogP contribution in [0.2, 0.25) is 0 Å². The van der Waals surface area contributed by atoms with Crippen LogP contribution in [-0.2, 0) is 7.05 Å². The van der Waals surface area contributed by atoms with E-state index < -0.39 is 0 Å². The van der Waals surface area contributed by atoms with Crippen LogP contribution in [0.15, 0.2) is 23.4 Å². The lowest BCUT2D eigenvalue weighted by atomic mass is 10.1. The van der Waals surface area contributed by atoms with Crippen LogP contribution in [0.5, 0.6) is 11.5 Å². The van der Waals surface area contributed by atoms with Crippen molar-refractivity contribution >= 4 is 17.5 Å². The van der Waals surface area contributed by atoms with Crippen LogP contribution in [0, 0.1) is 0 Å². The lowest BCUT2D eigenvalue weighted by Gasteiger charge is -2.02. The number of aryl methyl sites for hydroxylation is 1. The Balaban J connectivity index is 2.04. The highest BCUT2D eigenvalue weighted by Crippen LogP contribution is 2.26. The van der Waals surface area contributed by atoms with Gasteiger partial charge in [-0.3, -0.25) is 4.79 Å². The van der Waals surface area contributed by atoms with Gasteiger partial charge in [-0.1, -0.05) is 11.8 Å². The Morgan fingerprint density at radius 1 is 1.39 bits per heavy atom. The van der Waals surface area contributed by atoms with Gasteiger partial charge in [0.25, 0.3) is 0 Å². The minimum absolute atomic E-state index is 0.151. The lowest BCUT2D eigenvalue weighted by Crippen LogP contribution is -2.03. The molecule has 1 aromatic carbocycles. The van der Waals surface area contributed by atoms with E-state index in [4.69, 9.17) is 5.11 Å². The molecule has 0 aliphatic heterocycles. The second-order valence-electron chi connectivity index (χ2n) is 3.50. The Hall–Kier alpha value is -2.09. The first kappa shape index (κ1) is 12.4. The summed E-state index contributed by atoms with van der Waals surface area (Å²) in [5.74, 6) is -0.598. The van der Waals surface area contributed by atoms with Crippen molar-refractivity contribution in [2.75, 3.05) is 5.75 Å². The molecule has 0 unspecified atom stereocenters. The number of aromatic nitrogens is 4. The van der Waals surface area contributed by atoms with Crippen LogP contribution >= 0.6 is 11.8 Å². The molecular weight excluding hydrogens is 256 g/mol. The number of carbonyl (C=O) groups excluding carboxylic acids is 1. The van der Waals surface area contributed by atoms with Gasteiger partial charge in [0.1, 0.15) is 0 Å². The third-order valence-electron chi connectivity index (χ3n) is 2.21. The van der Waals surface area contributed by atoms with Crippen molar-refractivity contribution in [1.29, 1.82) is 0 Å². The van der Waals surface area contributed by atoms with E-state index >= 15 is 0 Å². The Bertz CT molecular complexity index is 584.